The Labute approximate surface area is 231 Å². The van der Waals surface area contributed by atoms with Crippen LogP contribution in [0.3, 0.4) is 0 Å². The Balaban J connectivity index is 0.000000349. The molecule has 17 heteroatoms. The number of aliphatic carboxylic acids is 2. The van der Waals surface area contributed by atoms with Crippen molar-refractivity contribution in [2.75, 3.05) is 57.2 Å². The third-order valence-electron chi connectivity index (χ3n) is 6.07. The number of anilines is 2. The van der Waals surface area contributed by atoms with Gasteiger partial charge in [0.25, 0.3) is 0 Å². The number of rotatable bonds is 6. The lowest BCUT2D eigenvalue weighted by atomic mass is 9.83. The van der Waals surface area contributed by atoms with Gasteiger partial charge in [-0.05, 0) is 37.9 Å². The first-order valence-electron chi connectivity index (χ1n) is 12.1. The van der Waals surface area contributed by atoms with E-state index in [1.165, 1.54) is 6.42 Å². The normalized spacial score (nSPS) is 18.0. The van der Waals surface area contributed by atoms with Gasteiger partial charge in [0.15, 0.2) is 0 Å². The van der Waals surface area contributed by atoms with Gasteiger partial charge in [0, 0.05) is 26.7 Å². The Morgan fingerprint density at radius 3 is 2.10 bits per heavy atom. The number of furan rings is 1. The fourth-order valence-corrected chi connectivity index (χ4v) is 4.05. The maximum absolute atomic E-state index is 10.6. The minimum atomic E-state index is -5.08. The average molecular weight is 600 g/mol. The third-order valence-corrected chi connectivity index (χ3v) is 6.07. The Kier molecular flexibility index (Phi) is 11.3. The van der Waals surface area contributed by atoms with Crippen LogP contribution in [0.15, 0.2) is 35.2 Å². The van der Waals surface area contributed by atoms with Crippen LogP contribution in [0.25, 0.3) is 0 Å². The summed E-state index contributed by atoms with van der Waals surface area (Å²) in [6.07, 6.45) is -4.46. The standard InChI is InChI=1S/C20H29N5O2.2C2HF3O2/c1-23(2)18-9-19(22-15-21-18)25-13-20(14-25)7-6-16(12-27-20)10-24(3)11-17-5-4-8-26-17;2*3-2(4,5)1(6)7/h4-5,8-9,15-16H,6-7,10-14H2,1-3H3;2*(H,6,7). The SMILES string of the molecule is CN(Cc1ccco1)CC1CCC2(CN(c3cc(N(C)C)ncn3)C2)OC1.O=C(O)C(F)(F)F.O=C(O)C(F)(F)F. The molecule has 0 aromatic carbocycles. The predicted molar refractivity (Wildman–Crippen MR) is 132 cm³/mol. The molecule has 0 saturated carbocycles. The van der Waals surface area contributed by atoms with E-state index in [2.05, 4.69) is 26.8 Å². The molecule has 4 heterocycles. The highest BCUT2D eigenvalue weighted by atomic mass is 19.4. The molecule has 2 N–H and O–H groups in total. The van der Waals surface area contributed by atoms with E-state index in [0.29, 0.717) is 5.92 Å². The van der Waals surface area contributed by atoms with Crippen LogP contribution in [0.4, 0.5) is 38.0 Å². The first kappa shape index (κ1) is 33.6. The van der Waals surface area contributed by atoms with Crippen LogP contribution >= 0.6 is 0 Å². The van der Waals surface area contributed by atoms with Crippen LogP contribution < -0.4 is 9.80 Å². The maximum atomic E-state index is 10.6. The highest BCUT2D eigenvalue weighted by Crippen LogP contribution is 2.38. The molecular weight excluding hydrogens is 568 g/mol. The van der Waals surface area contributed by atoms with Gasteiger partial charge in [0.1, 0.15) is 29.3 Å². The monoisotopic (exact) mass is 599 g/mol. The Morgan fingerprint density at radius 1 is 1.07 bits per heavy atom. The quantitative estimate of drug-likeness (QED) is 0.473. The highest BCUT2D eigenvalue weighted by Gasteiger charge is 2.47. The largest absolute Gasteiger partial charge is 0.490 e. The van der Waals surface area contributed by atoms with Crippen molar-refractivity contribution >= 4 is 23.6 Å². The molecule has 1 unspecified atom stereocenters. The second-order valence-electron chi connectivity index (χ2n) is 9.77. The van der Waals surface area contributed by atoms with E-state index in [4.69, 9.17) is 29.0 Å². The molecule has 2 saturated heterocycles. The van der Waals surface area contributed by atoms with Crippen LogP contribution in [0, 0.1) is 5.92 Å². The lowest BCUT2D eigenvalue weighted by molar-refractivity contribution is -0.193. The van der Waals surface area contributed by atoms with Gasteiger partial charge in [0.2, 0.25) is 0 Å². The fraction of sp³-hybridized carbons (Fsp3) is 0.583. The summed E-state index contributed by atoms with van der Waals surface area (Å²) in [6.45, 7) is 4.57. The van der Waals surface area contributed by atoms with Crippen LogP contribution in [0.2, 0.25) is 0 Å². The molecular formula is C24H31F6N5O6. The van der Waals surface area contributed by atoms with E-state index >= 15 is 0 Å². The van der Waals surface area contributed by atoms with E-state index in [-0.39, 0.29) is 5.60 Å². The van der Waals surface area contributed by atoms with Gasteiger partial charge in [0.05, 0.1) is 32.5 Å². The molecule has 11 nitrogen and oxygen atoms in total. The zero-order valence-electron chi connectivity index (χ0n) is 22.4. The minimum Gasteiger partial charge on any atom is -0.475 e. The lowest BCUT2D eigenvalue weighted by Crippen LogP contribution is -2.65. The molecule has 0 radical (unpaired) electrons. The van der Waals surface area contributed by atoms with E-state index in [0.717, 1.165) is 56.6 Å². The van der Waals surface area contributed by atoms with Crippen molar-refractivity contribution in [1.82, 2.24) is 14.9 Å². The number of aromatic nitrogens is 2. The number of hydrogen-bond acceptors (Lipinski definition) is 9. The number of carboxylic acid groups (broad SMARTS) is 2. The molecule has 0 aliphatic carbocycles. The van der Waals surface area contributed by atoms with E-state index in [9.17, 15) is 26.3 Å². The number of ether oxygens (including phenoxy) is 1. The van der Waals surface area contributed by atoms with Crippen LogP contribution in [0.5, 0.6) is 0 Å². The minimum absolute atomic E-state index is 0.0132. The van der Waals surface area contributed by atoms with E-state index < -0.39 is 24.3 Å². The Morgan fingerprint density at radius 2 is 1.66 bits per heavy atom. The van der Waals surface area contributed by atoms with Crippen molar-refractivity contribution in [1.29, 1.82) is 0 Å². The zero-order valence-corrected chi connectivity index (χ0v) is 22.4. The molecule has 2 fully saturated rings. The van der Waals surface area contributed by atoms with E-state index in [1.54, 1.807) is 12.6 Å². The second kappa shape index (κ2) is 13.8. The third kappa shape index (κ3) is 10.7. The number of alkyl halides is 6. The molecule has 230 valence electrons. The van der Waals surface area contributed by atoms with Crippen LogP contribution in [-0.4, -0.2) is 102 Å². The molecule has 2 aliphatic heterocycles. The number of carboxylic acids is 2. The molecule has 1 spiro atoms. The number of hydrogen-bond donors (Lipinski definition) is 2. The number of nitrogens with zero attached hydrogens (tertiary/aromatic N) is 5. The van der Waals surface area contributed by atoms with Gasteiger partial charge < -0.3 is 29.2 Å². The zero-order chi connectivity index (χ0) is 31.0. The van der Waals surface area contributed by atoms with Gasteiger partial charge >= 0.3 is 24.3 Å². The maximum Gasteiger partial charge on any atom is 0.490 e. The summed E-state index contributed by atoms with van der Waals surface area (Å²) in [6, 6.07) is 6.01. The molecule has 2 aromatic heterocycles. The summed E-state index contributed by atoms with van der Waals surface area (Å²) in [7, 11) is 6.14. The van der Waals surface area contributed by atoms with Gasteiger partial charge in [-0.2, -0.15) is 26.3 Å². The Bertz CT molecular complexity index is 1090. The van der Waals surface area contributed by atoms with Gasteiger partial charge in [-0.3, -0.25) is 4.90 Å². The lowest BCUT2D eigenvalue weighted by Gasteiger charge is -2.53. The molecule has 2 aliphatic rings. The molecule has 2 aromatic rings. The van der Waals surface area contributed by atoms with Crippen molar-refractivity contribution < 1.29 is 55.3 Å². The van der Waals surface area contributed by atoms with Crippen molar-refractivity contribution in [2.45, 2.75) is 37.3 Å². The summed E-state index contributed by atoms with van der Waals surface area (Å²) in [5, 5.41) is 14.2. The summed E-state index contributed by atoms with van der Waals surface area (Å²) in [5.74, 6) is -1.99. The number of halogens is 6. The van der Waals surface area contributed by atoms with Crippen molar-refractivity contribution in [3.63, 3.8) is 0 Å². The molecule has 1 atom stereocenters. The number of carbonyl (C=O) groups is 2. The first-order valence-corrected chi connectivity index (χ1v) is 12.1. The summed E-state index contributed by atoms with van der Waals surface area (Å²) >= 11 is 0. The first-order chi connectivity index (χ1) is 18.9. The van der Waals surface area contributed by atoms with Crippen LogP contribution in [-0.2, 0) is 20.9 Å². The van der Waals surface area contributed by atoms with Crippen molar-refractivity contribution in [2.24, 2.45) is 5.92 Å². The molecule has 4 rings (SSSR count). The van der Waals surface area contributed by atoms with Gasteiger partial charge in [-0.25, -0.2) is 19.6 Å². The van der Waals surface area contributed by atoms with Crippen molar-refractivity contribution in [3.05, 3.63) is 36.5 Å². The smallest absolute Gasteiger partial charge is 0.475 e. The molecule has 0 amide bonds. The molecule has 0 bridgehead atoms. The van der Waals surface area contributed by atoms with E-state index in [1.807, 2.05) is 37.2 Å². The van der Waals surface area contributed by atoms with Crippen molar-refractivity contribution in [3.8, 4) is 0 Å². The Hall–Kier alpha value is -3.60. The highest BCUT2D eigenvalue weighted by molar-refractivity contribution is 5.73. The van der Waals surface area contributed by atoms with Crippen LogP contribution in [0.1, 0.15) is 18.6 Å². The summed E-state index contributed by atoms with van der Waals surface area (Å²) in [5.41, 5.74) is 0.0132. The van der Waals surface area contributed by atoms with Gasteiger partial charge in [-0.1, -0.05) is 0 Å². The fourth-order valence-electron chi connectivity index (χ4n) is 4.05. The predicted octanol–water partition coefficient (Wildman–Crippen LogP) is 3.52. The average Bonchev–Trinajstić information content (AvgIpc) is 3.36. The second-order valence-corrected chi connectivity index (χ2v) is 9.77. The van der Waals surface area contributed by atoms with Gasteiger partial charge in [-0.15, -0.1) is 0 Å². The topological polar surface area (TPSA) is 132 Å². The summed E-state index contributed by atoms with van der Waals surface area (Å²) in [4.78, 5) is 33.1. The molecule has 41 heavy (non-hydrogen) atoms. The summed E-state index contributed by atoms with van der Waals surface area (Å²) < 4.78 is 75.2.